The summed E-state index contributed by atoms with van der Waals surface area (Å²) in [5.41, 5.74) is 4.66. The molecule has 4 rings (SSSR count). The smallest absolute Gasteiger partial charge is 0.224 e. The Labute approximate surface area is 167 Å². The van der Waals surface area contributed by atoms with Crippen molar-refractivity contribution >= 4 is 5.91 Å². The van der Waals surface area contributed by atoms with E-state index in [-0.39, 0.29) is 5.91 Å². The largest absolute Gasteiger partial charge is 0.352 e. The molecule has 0 radical (unpaired) electrons. The monoisotopic (exact) mass is 388 g/mol. The van der Waals surface area contributed by atoms with Crippen LogP contribution in [0.25, 0.3) is 11.5 Å². The van der Waals surface area contributed by atoms with Crippen molar-refractivity contribution in [1.82, 2.24) is 40.3 Å². The van der Waals surface area contributed by atoms with Gasteiger partial charge < -0.3 is 5.32 Å². The molecule has 0 bridgehead atoms. The summed E-state index contributed by atoms with van der Waals surface area (Å²) in [5.74, 6) is 0.705. The minimum atomic E-state index is -0.0530. The predicted octanol–water partition coefficient (Wildman–Crippen LogP) is 1.72. The van der Waals surface area contributed by atoms with Crippen molar-refractivity contribution in [2.24, 2.45) is 0 Å². The zero-order valence-corrected chi connectivity index (χ0v) is 16.1. The molecule has 4 aromatic rings. The number of pyridine rings is 1. The van der Waals surface area contributed by atoms with Crippen molar-refractivity contribution in [3.8, 4) is 11.5 Å². The molecule has 1 aromatic carbocycles. The molecule has 0 saturated carbocycles. The number of tetrazole rings is 1. The van der Waals surface area contributed by atoms with Gasteiger partial charge in [0.25, 0.3) is 0 Å². The van der Waals surface area contributed by atoms with Crippen molar-refractivity contribution in [1.29, 1.82) is 0 Å². The van der Waals surface area contributed by atoms with Gasteiger partial charge in [-0.15, -0.1) is 5.10 Å². The lowest BCUT2D eigenvalue weighted by atomic mass is 10.1. The first kappa shape index (κ1) is 18.5. The minimum absolute atomic E-state index is 0.0530. The normalized spacial score (nSPS) is 10.8. The number of hydrogen-bond acceptors (Lipinski definition) is 6. The van der Waals surface area contributed by atoms with Crippen LogP contribution in [0.5, 0.6) is 0 Å². The van der Waals surface area contributed by atoms with Crippen LogP contribution in [0.15, 0.2) is 55.0 Å². The van der Waals surface area contributed by atoms with Crippen LogP contribution >= 0.6 is 0 Å². The Morgan fingerprint density at radius 2 is 1.86 bits per heavy atom. The van der Waals surface area contributed by atoms with Gasteiger partial charge in [-0.25, -0.2) is 14.3 Å². The van der Waals surface area contributed by atoms with E-state index < -0.39 is 0 Å². The number of benzene rings is 1. The molecule has 9 heteroatoms. The molecule has 0 saturated heterocycles. The molecule has 0 spiro atoms. The molecule has 3 heterocycles. The van der Waals surface area contributed by atoms with E-state index in [0.29, 0.717) is 13.0 Å². The maximum atomic E-state index is 12.3. The molecule has 29 heavy (non-hydrogen) atoms. The number of nitrogens with one attached hydrogen (secondary N) is 1. The Morgan fingerprint density at radius 3 is 2.48 bits per heavy atom. The van der Waals surface area contributed by atoms with E-state index >= 15 is 0 Å². The summed E-state index contributed by atoms with van der Waals surface area (Å²) in [6.07, 6.45) is 3.58. The number of nitrogens with zero attached hydrogens (tertiary/aromatic N) is 7. The highest BCUT2D eigenvalue weighted by atomic mass is 16.1. The average molecular weight is 388 g/mol. The molecule has 3 aromatic heterocycles. The summed E-state index contributed by atoms with van der Waals surface area (Å²) in [6, 6.07) is 13.4. The Morgan fingerprint density at radius 1 is 1.07 bits per heavy atom. The molecule has 9 nitrogen and oxygen atoms in total. The molecule has 0 fully saturated rings. The molecule has 0 aliphatic rings. The number of hydrogen-bond donors (Lipinski definition) is 1. The van der Waals surface area contributed by atoms with Crippen LogP contribution in [-0.4, -0.2) is 40.9 Å². The maximum absolute atomic E-state index is 12.3. The fourth-order valence-electron chi connectivity index (χ4n) is 3.00. The van der Waals surface area contributed by atoms with E-state index in [1.807, 2.05) is 56.3 Å². The lowest BCUT2D eigenvalue weighted by Gasteiger charge is -2.08. The standard InChI is InChI=1S/C20H20N8O/c1-14-9-15(2)28(24-14)19-8-5-17(11-21-19)12-22-20(29)10-16-3-6-18(7-4-16)27-13-23-25-26-27/h3-9,11,13H,10,12H2,1-2H3,(H,22,29). The van der Waals surface area contributed by atoms with Gasteiger partial charge in [-0.05, 0) is 59.7 Å². The summed E-state index contributed by atoms with van der Waals surface area (Å²) in [7, 11) is 0. The first-order chi connectivity index (χ1) is 14.1. The molecule has 0 atom stereocenters. The van der Waals surface area contributed by atoms with Gasteiger partial charge in [0.15, 0.2) is 5.82 Å². The maximum Gasteiger partial charge on any atom is 0.224 e. The Balaban J connectivity index is 1.32. The van der Waals surface area contributed by atoms with Crippen LogP contribution in [-0.2, 0) is 17.8 Å². The predicted molar refractivity (Wildman–Crippen MR) is 106 cm³/mol. The fraction of sp³-hybridized carbons (Fsp3) is 0.200. The van der Waals surface area contributed by atoms with Gasteiger partial charge in [0.05, 0.1) is 17.8 Å². The number of aryl methyl sites for hydroxylation is 2. The summed E-state index contributed by atoms with van der Waals surface area (Å²) in [5, 5.41) is 18.4. The van der Waals surface area contributed by atoms with Crippen molar-refractivity contribution in [3.63, 3.8) is 0 Å². The second-order valence-electron chi connectivity index (χ2n) is 6.74. The van der Waals surface area contributed by atoms with E-state index in [0.717, 1.165) is 34.0 Å². The Hall–Kier alpha value is -3.88. The molecule has 0 unspecified atom stereocenters. The van der Waals surface area contributed by atoms with Gasteiger partial charge in [-0.2, -0.15) is 5.10 Å². The van der Waals surface area contributed by atoms with E-state index in [9.17, 15) is 4.79 Å². The number of amides is 1. The SMILES string of the molecule is Cc1cc(C)n(-c2ccc(CNC(=O)Cc3ccc(-n4cnnn4)cc3)cn2)n1. The van der Waals surface area contributed by atoms with Crippen LogP contribution < -0.4 is 5.32 Å². The van der Waals surface area contributed by atoms with E-state index in [4.69, 9.17) is 0 Å². The fourth-order valence-corrected chi connectivity index (χ4v) is 3.00. The number of aromatic nitrogens is 7. The first-order valence-corrected chi connectivity index (χ1v) is 9.16. The van der Waals surface area contributed by atoms with Crippen LogP contribution in [0.3, 0.4) is 0 Å². The summed E-state index contributed by atoms with van der Waals surface area (Å²) in [4.78, 5) is 16.7. The summed E-state index contributed by atoms with van der Waals surface area (Å²) < 4.78 is 3.36. The third-order valence-corrected chi connectivity index (χ3v) is 4.44. The summed E-state index contributed by atoms with van der Waals surface area (Å²) >= 11 is 0. The average Bonchev–Trinajstić information content (AvgIpc) is 3.37. The van der Waals surface area contributed by atoms with E-state index in [2.05, 4.69) is 30.9 Å². The van der Waals surface area contributed by atoms with Crippen molar-refractivity contribution < 1.29 is 4.79 Å². The molecule has 146 valence electrons. The van der Waals surface area contributed by atoms with Gasteiger partial charge in [0, 0.05) is 18.4 Å². The third-order valence-electron chi connectivity index (χ3n) is 4.44. The topological polar surface area (TPSA) is 103 Å². The number of carbonyl (C=O) groups excluding carboxylic acids is 1. The molecule has 0 aliphatic carbocycles. The summed E-state index contributed by atoms with van der Waals surface area (Å²) in [6.45, 7) is 4.36. The Bertz CT molecular complexity index is 1100. The molecular formula is C20H20N8O. The van der Waals surface area contributed by atoms with Crippen LogP contribution in [0.2, 0.25) is 0 Å². The van der Waals surface area contributed by atoms with Crippen molar-refractivity contribution in [3.05, 3.63) is 77.5 Å². The minimum Gasteiger partial charge on any atom is -0.352 e. The zero-order valence-electron chi connectivity index (χ0n) is 16.1. The quantitative estimate of drug-likeness (QED) is 0.539. The van der Waals surface area contributed by atoms with Crippen molar-refractivity contribution in [2.75, 3.05) is 0 Å². The molecule has 1 amide bonds. The highest BCUT2D eigenvalue weighted by Gasteiger charge is 2.07. The lowest BCUT2D eigenvalue weighted by molar-refractivity contribution is -0.120. The van der Waals surface area contributed by atoms with Crippen LogP contribution in [0.1, 0.15) is 22.5 Å². The second-order valence-corrected chi connectivity index (χ2v) is 6.74. The zero-order chi connectivity index (χ0) is 20.2. The van der Waals surface area contributed by atoms with Crippen molar-refractivity contribution in [2.45, 2.75) is 26.8 Å². The second kappa shape index (κ2) is 8.01. The molecule has 1 N–H and O–H groups in total. The van der Waals surface area contributed by atoms with Gasteiger partial charge in [-0.1, -0.05) is 18.2 Å². The highest BCUT2D eigenvalue weighted by Crippen LogP contribution is 2.11. The van der Waals surface area contributed by atoms with Crippen LogP contribution in [0, 0.1) is 13.8 Å². The van der Waals surface area contributed by atoms with E-state index in [1.165, 1.54) is 6.33 Å². The number of carbonyl (C=O) groups is 1. The lowest BCUT2D eigenvalue weighted by Crippen LogP contribution is -2.24. The van der Waals surface area contributed by atoms with Gasteiger partial charge in [0.2, 0.25) is 5.91 Å². The molecular weight excluding hydrogens is 368 g/mol. The molecule has 0 aliphatic heterocycles. The Kier molecular flexibility index (Phi) is 5.10. The van der Waals surface area contributed by atoms with E-state index in [1.54, 1.807) is 15.6 Å². The van der Waals surface area contributed by atoms with Gasteiger partial charge >= 0.3 is 0 Å². The number of rotatable bonds is 6. The van der Waals surface area contributed by atoms with Crippen LogP contribution in [0.4, 0.5) is 0 Å². The highest BCUT2D eigenvalue weighted by molar-refractivity contribution is 5.78. The first-order valence-electron chi connectivity index (χ1n) is 9.16. The third kappa shape index (κ3) is 4.34. The van der Waals surface area contributed by atoms with Gasteiger partial charge in [-0.3, -0.25) is 4.79 Å². The van der Waals surface area contributed by atoms with Gasteiger partial charge in [0.1, 0.15) is 6.33 Å².